The summed E-state index contributed by atoms with van der Waals surface area (Å²) in [6.45, 7) is 1.53. The Labute approximate surface area is 115 Å². The molecule has 2 aromatic heterocycles. The van der Waals surface area contributed by atoms with Crippen molar-refractivity contribution in [3.8, 4) is 0 Å². The van der Waals surface area contributed by atoms with E-state index in [1.54, 1.807) is 17.4 Å². The standard InChI is InChI=1S/C11H15N7O2/c1-16(4-2-5-17-6-3-13-8-17)11-14-7-9(18(19)20)10(12)15-11/h3,6-8H,2,4-5H2,1H3,(H2,12,14,15). The number of anilines is 2. The fraction of sp³-hybridized carbons (Fsp3) is 0.364. The van der Waals surface area contributed by atoms with E-state index in [9.17, 15) is 10.1 Å². The molecule has 2 N–H and O–H groups in total. The van der Waals surface area contributed by atoms with Gasteiger partial charge in [-0.3, -0.25) is 10.1 Å². The highest BCUT2D eigenvalue weighted by Crippen LogP contribution is 2.19. The van der Waals surface area contributed by atoms with Gasteiger partial charge in [0.1, 0.15) is 6.20 Å². The molecular formula is C11H15N7O2. The molecule has 2 heterocycles. The van der Waals surface area contributed by atoms with E-state index in [4.69, 9.17) is 5.73 Å². The van der Waals surface area contributed by atoms with E-state index < -0.39 is 4.92 Å². The summed E-state index contributed by atoms with van der Waals surface area (Å²) in [7, 11) is 1.81. The summed E-state index contributed by atoms with van der Waals surface area (Å²) in [6.07, 6.45) is 7.36. The lowest BCUT2D eigenvalue weighted by Crippen LogP contribution is -2.22. The summed E-state index contributed by atoms with van der Waals surface area (Å²) in [5.74, 6) is 0.250. The van der Waals surface area contributed by atoms with Gasteiger partial charge >= 0.3 is 5.69 Å². The van der Waals surface area contributed by atoms with Crippen LogP contribution in [0.15, 0.2) is 24.9 Å². The molecule has 9 nitrogen and oxygen atoms in total. The number of aryl methyl sites for hydroxylation is 1. The highest BCUT2D eigenvalue weighted by molar-refractivity contribution is 5.53. The summed E-state index contributed by atoms with van der Waals surface area (Å²) in [4.78, 5) is 23.7. The van der Waals surface area contributed by atoms with Crippen LogP contribution in [0.3, 0.4) is 0 Å². The Hall–Kier alpha value is -2.71. The van der Waals surface area contributed by atoms with Crippen LogP contribution < -0.4 is 10.6 Å². The smallest absolute Gasteiger partial charge is 0.329 e. The quantitative estimate of drug-likeness (QED) is 0.609. The summed E-state index contributed by atoms with van der Waals surface area (Å²) in [5.41, 5.74) is 5.26. The Morgan fingerprint density at radius 3 is 2.95 bits per heavy atom. The van der Waals surface area contributed by atoms with Gasteiger partial charge in [-0.2, -0.15) is 4.98 Å². The first-order valence-corrected chi connectivity index (χ1v) is 6.01. The van der Waals surface area contributed by atoms with E-state index in [-0.39, 0.29) is 11.5 Å². The number of nitro groups is 1. The summed E-state index contributed by atoms with van der Waals surface area (Å²) >= 11 is 0. The highest BCUT2D eigenvalue weighted by atomic mass is 16.6. The number of imidazole rings is 1. The molecule has 20 heavy (non-hydrogen) atoms. The molecule has 0 unspecified atom stereocenters. The Bertz CT molecular complexity index is 584. The minimum absolute atomic E-state index is 0.124. The summed E-state index contributed by atoms with van der Waals surface area (Å²) in [5, 5.41) is 10.6. The Morgan fingerprint density at radius 1 is 1.55 bits per heavy atom. The van der Waals surface area contributed by atoms with Crippen molar-refractivity contribution in [2.75, 3.05) is 24.2 Å². The van der Waals surface area contributed by atoms with Gasteiger partial charge in [0, 0.05) is 32.5 Å². The molecule has 0 radical (unpaired) electrons. The lowest BCUT2D eigenvalue weighted by molar-refractivity contribution is -0.384. The zero-order valence-electron chi connectivity index (χ0n) is 11.0. The highest BCUT2D eigenvalue weighted by Gasteiger charge is 2.15. The first-order chi connectivity index (χ1) is 9.58. The Kier molecular flexibility index (Phi) is 4.08. The van der Waals surface area contributed by atoms with E-state index in [1.165, 1.54) is 0 Å². The second-order valence-corrected chi connectivity index (χ2v) is 4.27. The van der Waals surface area contributed by atoms with Crippen LogP contribution in [0.25, 0.3) is 0 Å². The molecule has 0 amide bonds. The zero-order valence-corrected chi connectivity index (χ0v) is 11.0. The topological polar surface area (TPSA) is 116 Å². The van der Waals surface area contributed by atoms with Gasteiger partial charge in [0.15, 0.2) is 0 Å². The Morgan fingerprint density at radius 2 is 2.35 bits per heavy atom. The largest absolute Gasteiger partial charge is 0.378 e. The van der Waals surface area contributed by atoms with Crippen LogP contribution in [-0.2, 0) is 6.54 Å². The van der Waals surface area contributed by atoms with E-state index in [1.807, 2.05) is 17.8 Å². The number of rotatable bonds is 6. The van der Waals surface area contributed by atoms with Gasteiger partial charge < -0.3 is 15.2 Å². The molecule has 9 heteroatoms. The van der Waals surface area contributed by atoms with Crippen molar-refractivity contribution >= 4 is 17.5 Å². The SMILES string of the molecule is CN(CCCn1ccnc1)c1ncc([N+](=O)[O-])c(N)n1. The van der Waals surface area contributed by atoms with Crippen LogP contribution in [0.5, 0.6) is 0 Å². The van der Waals surface area contributed by atoms with Gasteiger partial charge in [-0.05, 0) is 6.42 Å². The maximum atomic E-state index is 10.6. The van der Waals surface area contributed by atoms with Crippen LogP contribution in [0.1, 0.15) is 6.42 Å². The van der Waals surface area contributed by atoms with Gasteiger partial charge in [0.2, 0.25) is 11.8 Å². The number of nitrogens with two attached hydrogens (primary N) is 1. The van der Waals surface area contributed by atoms with Crippen LogP contribution in [-0.4, -0.2) is 38.0 Å². The molecular weight excluding hydrogens is 262 g/mol. The van der Waals surface area contributed by atoms with E-state index in [2.05, 4.69) is 15.0 Å². The number of hydrogen-bond acceptors (Lipinski definition) is 7. The molecule has 0 aliphatic carbocycles. The Balaban J connectivity index is 1.93. The molecule has 2 aromatic rings. The lowest BCUT2D eigenvalue weighted by atomic mass is 10.4. The van der Waals surface area contributed by atoms with Crippen LogP contribution in [0, 0.1) is 10.1 Å². The second kappa shape index (κ2) is 5.95. The number of nitrogens with zero attached hydrogens (tertiary/aromatic N) is 6. The summed E-state index contributed by atoms with van der Waals surface area (Å²) in [6, 6.07) is 0. The maximum Gasteiger partial charge on any atom is 0.329 e. The number of hydrogen-bond donors (Lipinski definition) is 1. The van der Waals surface area contributed by atoms with Crippen molar-refractivity contribution in [3.63, 3.8) is 0 Å². The average molecular weight is 277 g/mol. The van der Waals surface area contributed by atoms with Gasteiger partial charge in [0.25, 0.3) is 0 Å². The predicted octanol–water partition coefficient (Wildman–Crippen LogP) is 0.690. The van der Waals surface area contributed by atoms with E-state index in [0.29, 0.717) is 12.5 Å². The average Bonchev–Trinajstić information content (AvgIpc) is 2.91. The van der Waals surface area contributed by atoms with Crippen molar-refractivity contribution in [1.29, 1.82) is 0 Å². The molecule has 106 valence electrons. The molecule has 0 aliphatic rings. The lowest BCUT2D eigenvalue weighted by Gasteiger charge is -2.16. The van der Waals surface area contributed by atoms with Gasteiger partial charge in [-0.1, -0.05) is 0 Å². The predicted molar refractivity (Wildman–Crippen MR) is 73.2 cm³/mol. The fourth-order valence-corrected chi connectivity index (χ4v) is 1.71. The molecule has 0 bridgehead atoms. The minimum atomic E-state index is -0.599. The fourth-order valence-electron chi connectivity index (χ4n) is 1.71. The first-order valence-electron chi connectivity index (χ1n) is 6.01. The second-order valence-electron chi connectivity index (χ2n) is 4.27. The van der Waals surface area contributed by atoms with Crippen molar-refractivity contribution in [1.82, 2.24) is 19.5 Å². The van der Waals surface area contributed by atoms with Crippen molar-refractivity contribution < 1.29 is 4.92 Å². The molecule has 2 rings (SSSR count). The van der Waals surface area contributed by atoms with Gasteiger partial charge in [-0.25, -0.2) is 9.97 Å². The molecule has 0 saturated carbocycles. The molecule has 0 fully saturated rings. The van der Waals surface area contributed by atoms with Crippen LogP contribution >= 0.6 is 0 Å². The van der Waals surface area contributed by atoms with Gasteiger partial charge in [-0.15, -0.1) is 0 Å². The maximum absolute atomic E-state index is 10.6. The van der Waals surface area contributed by atoms with Crippen LogP contribution in [0.4, 0.5) is 17.5 Å². The van der Waals surface area contributed by atoms with E-state index in [0.717, 1.165) is 19.2 Å². The van der Waals surface area contributed by atoms with Crippen LogP contribution in [0.2, 0.25) is 0 Å². The third kappa shape index (κ3) is 3.19. The minimum Gasteiger partial charge on any atom is -0.378 e. The van der Waals surface area contributed by atoms with Gasteiger partial charge in [0.05, 0.1) is 11.3 Å². The first kappa shape index (κ1) is 13.7. The van der Waals surface area contributed by atoms with Crippen molar-refractivity contribution in [2.45, 2.75) is 13.0 Å². The zero-order chi connectivity index (χ0) is 14.5. The monoisotopic (exact) mass is 277 g/mol. The molecule has 0 aliphatic heterocycles. The van der Waals surface area contributed by atoms with Crippen molar-refractivity contribution in [2.24, 2.45) is 0 Å². The third-order valence-corrected chi connectivity index (χ3v) is 2.79. The molecule has 0 aromatic carbocycles. The summed E-state index contributed by atoms with van der Waals surface area (Å²) < 4.78 is 1.97. The van der Waals surface area contributed by atoms with Crippen molar-refractivity contribution in [3.05, 3.63) is 35.0 Å². The normalized spacial score (nSPS) is 10.4. The molecule has 0 atom stereocenters. The third-order valence-electron chi connectivity index (χ3n) is 2.79. The number of nitrogen functional groups attached to an aromatic ring is 1. The molecule has 0 saturated heterocycles. The van der Waals surface area contributed by atoms with E-state index >= 15 is 0 Å². The molecule has 0 spiro atoms. The number of aromatic nitrogens is 4.